The highest BCUT2D eigenvalue weighted by Gasteiger charge is 2.02. The fraction of sp³-hybridized carbons (Fsp3) is 0.500. The maximum atomic E-state index is 8.25. The third-order valence-electron chi connectivity index (χ3n) is 0.886. The van der Waals surface area contributed by atoms with Crippen LogP contribution in [0.1, 0.15) is 6.42 Å². The van der Waals surface area contributed by atoms with Gasteiger partial charge < -0.3 is 5.21 Å². The lowest BCUT2D eigenvalue weighted by molar-refractivity contribution is 0.126. The topological polar surface area (TPSA) is 57.0 Å². The van der Waals surface area contributed by atoms with Gasteiger partial charge in [-0.1, -0.05) is 6.08 Å². The van der Waals surface area contributed by atoms with Crippen LogP contribution in [0.5, 0.6) is 0 Å². The quantitative estimate of drug-likeness (QED) is 0.491. The normalized spacial score (nSPS) is 26.4. The molecule has 0 bridgehead atoms. The van der Waals surface area contributed by atoms with Crippen molar-refractivity contribution in [2.24, 2.45) is 10.2 Å². The molecule has 0 saturated carbocycles. The average Bonchev–Trinajstić information content (AvgIpc) is 1.90. The van der Waals surface area contributed by atoms with Gasteiger partial charge in [-0.05, 0) is 0 Å². The molecule has 0 amide bonds. The first-order chi connectivity index (χ1) is 3.93. The standard InChI is InChI=1S/C4H7N3O/c8-7-4-2-1-3-5-6-4/h1,3-4,7-8H,2H2. The molecule has 1 rings (SSSR count). The Morgan fingerprint density at radius 1 is 1.75 bits per heavy atom. The summed E-state index contributed by atoms with van der Waals surface area (Å²) in [6.45, 7) is 0. The van der Waals surface area contributed by atoms with Gasteiger partial charge in [-0.3, -0.25) is 0 Å². The van der Waals surface area contributed by atoms with Crippen LogP contribution in [0.4, 0.5) is 0 Å². The van der Waals surface area contributed by atoms with E-state index in [0.29, 0.717) is 6.42 Å². The monoisotopic (exact) mass is 113 g/mol. The summed E-state index contributed by atoms with van der Waals surface area (Å²) in [5.41, 5.74) is 1.99. The van der Waals surface area contributed by atoms with Gasteiger partial charge in [-0.2, -0.15) is 15.7 Å². The van der Waals surface area contributed by atoms with Crippen molar-refractivity contribution in [3.05, 3.63) is 12.3 Å². The minimum Gasteiger partial charge on any atom is -0.315 e. The van der Waals surface area contributed by atoms with Gasteiger partial charge in [0.05, 0.1) is 0 Å². The van der Waals surface area contributed by atoms with Gasteiger partial charge in [0, 0.05) is 12.6 Å². The van der Waals surface area contributed by atoms with Crippen molar-refractivity contribution >= 4 is 0 Å². The summed E-state index contributed by atoms with van der Waals surface area (Å²) in [6.07, 6.45) is 3.91. The third kappa shape index (κ3) is 1.11. The first-order valence-electron chi connectivity index (χ1n) is 2.38. The van der Waals surface area contributed by atoms with E-state index in [9.17, 15) is 0 Å². The van der Waals surface area contributed by atoms with Crippen molar-refractivity contribution in [2.45, 2.75) is 12.6 Å². The summed E-state index contributed by atoms with van der Waals surface area (Å²) < 4.78 is 0. The van der Waals surface area contributed by atoms with Gasteiger partial charge in [0.15, 0.2) is 0 Å². The van der Waals surface area contributed by atoms with Crippen LogP contribution in [0.25, 0.3) is 0 Å². The molecule has 0 aromatic carbocycles. The Morgan fingerprint density at radius 3 is 3.00 bits per heavy atom. The molecule has 0 radical (unpaired) electrons. The highest BCUT2D eigenvalue weighted by molar-refractivity contribution is 4.85. The largest absolute Gasteiger partial charge is 0.315 e. The van der Waals surface area contributed by atoms with Gasteiger partial charge in [0.25, 0.3) is 0 Å². The minimum atomic E-state index is -0.236. The molecule has 2 N–H and O–H groups in total. The van der Waals surface area contributed by atoms with Crippen LogP contribution in [0, 0.1) is 0 Å². The first kappa shape index (κ1) is 5.40. The van der Waals surface area contributed by atoms with E-state index in [-0.39, 0.29) is 6.17 Å². The molecule has 8 heavy (non-hydrogen) atoms. The summed E-state index contributed by atoms with van der Waals surface area (Å²) in [6, 6.07) is 0. The van der Waals surface area contributed by atoms with Crippen LogP contribution in [-0.2, 0) is 0 Å². The molecule has 1 aliphatic heterocycles. The molecule has 44 valence electrons. The van der Waals surface area contributed by atoms with Gasteiger partial charge in [0.1, 0.15) is 6.17 Å². The third-order valence-corrected chi connectivity index (χ3v) is 0.886. The highest BCUT2D eigenvalue weighted by Crippen LogP contribution is 2.01. The van der Waals surface area contributed by atoms with E-state index in [1.807, 2.05) is 11.6 Å². The van der Waals surface area contributed by atoms with Crippen LogP contribution < -0.4 is 5.48 Å². The predicted octanol–water partition coefficient (Wildman–Crippen LogP) is 0.661. The first-order valence-corrected chi connectivity index (χ1v) is 2.38. The van der Waals surface area contributed by atoms with E-state index in [4.69, 9.17) is 5.21 Å². The lowest BCUT2D eigenvalue weighted by atomic mass is 10.3. The Kier molecular flexibility index (Phi) is 1.71. The molecule has 0 aliphatic carbocycles. The summed E-state index contributed by atoms with van der Waals surface area (Å²) in [4.78, 5) is 0. The maximum Gasteiger partial charge on any atom is 0.146 e. The Hall–Kier alpha value is -0.740. The molecule has 1 unspecified atom stereocenters. The summed E-state index contributed by atoms with van der Waals surface area (Å²) in [5, 5.41) is 15.4. The minimum absolute atomic E-state index is 0.236. The molecule has 1 atom stereocenters. The molecule has 0 aromatic heterocycles. The Labute approximate surface area is 46.9 Å². The van der Waals surface area contributed by atoms with E-state index in [1.54, 1.807) is 6.20 Å². The zero-order valence-corrected chi connectivity index (χ0v) is 4.28. The Balaban J connectivity index is 2.40. The van der Waals surface area contributed by atoms with Crippen LogP contribution in [-0.4, -0.2) is 11.4 Å². The van der Waals surface area contributed by atoms with Gasteiger partial charge in [0.2, 0.25) is 0 Å². The number of rotatable bonds is 1. The van der Waals surface area contributed by atoms with Crippen molar-refractivity contribution in [3.63, 3.8) is 0 Å². The maximum absolute atomic E-state index is 8.25. The molecule has 4 heteroatoms. The second kappa shape index (κ2) is 2.54. The molecule has 1 heterocycles. The zero-order valence-electron chi connectivity index (χ0n) is 4.28. The van der Waals surface area contributed by atoms with Gasteiger partial charge in [-0.15, -0.1) is 0 Å². The molecule has 0 aromatic rings. The molecule has 0 spiro atoms. The lowest BCUT2D eigenvalue weighted by Crippen LogP contribution is -2.22. The smallest absolute Gasteiger partial charge is 0.146 e. The Bertz CT molecular complexity index is 120. The summed E-state index contributed by atoms with van der Waals surface area (Å²) >= 11 is 0. The molecular weight excluding hydrogens is 106 g/mol. The average molecular weight is 113 g/mol. The van der Waals surface area contributed by atoms with E-state index in [1.165, 1.54) is 0 Å². The summed E-state index contributed by atoms with van der Waals surface area (Å²) in [5.74, 6) is 0. The van der Waals surface area contributed by atoms with Crippen molar-refractivity contribution in [2.75, 3.05) is 0 Å². The van der Waals surface area contributed by atoms with Crippen LogP contribution in [0.3, 0.4) is 0 Å². The van der Waals surface area contributed by atoms with Crippen LogP contribution in [0.15, 0.2) is 22.5 Å². The lowest BCUT2D eigenvalue weighted by Gasteiger charge is -2.06. The second-order valence-corrected chi connectivity index (χ2v) is 1.50. The molecule has 1 aliphatic rings. The van der Waals surface area contributed by atoms with Crippen molar-refractivity contribution in [1.29, 1.82) is 0 Å². The number of nitrogens with zero attached hydrogens (tertiary/aromatic N) is 2. The number of hydrogen-bond acceptors (Lipinski definition) is 4. The van der Waals surface area contributed by atoms with Gasteiger partial charge >= 0.3 is 0 Å². The van der Waals surface area contributed by atoms with Crippen LogP contribution >= 0.6 is 0 Å². The van der Waals surface area contributed by atoms with Crippen molar-refractivity contribution in [1.82, 2.24) is 5.48 Å². The predicted molar refractivity (Wildman–Crippen MR) is 27.3 cm³/mol. The molecule has 0 fully saturated rings. The fourth-order valence-corrected chi connectivity index (χ4v) is 0.482. The molecule has 0 saturated heterocycles. The number of hydrogen-bond donors (Lipinski definition) is 2. The highest BCUT2D eigenvalue weighted by atomic mass is 16.5. The van der Waals surface area contributed by atoms with E-state index < -0.39 is 0 Å². The van der Waals surface area contributed by atoms with Crippen molar-refractivity contribution < 1.29 is 5.21 Å². The van der Waals surface area contributed by atoms with E-state index >= 15 is 0 Å². The zero-order chi connectivity index (χ0) is 5.82. The summed E-state index contributed by atoms with van der Waals surface area (Å²) in [7, 11) is 0. The number of hydroxylamine groups is 1. The number of nitrogens with one attached hydrogen (secondary N) is 1. The van der Waals surface area contributed by atoms with E-state index in [2.05, 4.69) is 10.2 Å². The van der Waals surface area contributed by atoms with Gasteiger partial charge in [-0.25, -0.2) is 0 Å². The van der Waals surface area contributed by atoms with Crippen molar-refractivity contribution in [3.8, 4) is 0 Å². The van der Waals surface area contributed by atoms with E-state index in [0.717, 1.165) is 0 Å². The Morgan fingerprint density at radius 2 is 2.62 bits per heavy atom. The fourth-order valence-electron chi connectivity index (χ4n) is 0.482. The molecule has 4 nitrogen and oxygen atoms in total. The second-order valence-electron chi connectivity index (χ2n) is 1.50. The molecular formula is C4H7N3O. The number of azo groups is 1. The SMILES string of the molecule is ONC1CC=CN=N1. The van der Waals surface area contributed by atoms with Crippen LogP contribution in [0.2, 0.25) is 0 Å².